The fraction of sp³-hybridized carbons (Fsp3) is 0.182. The Labute approximate surface area is 197 Å². The summed E-state index contributed by atoms with van der Waals surface area (Å²) in [5, 5.41) is 2.14. The lowest BCUT2D eigenvalue weighted by atomic mass is 10.2. The molecule has 1 aliphatic heterocycles. The van der Waals surface area contributed by atoms with Crippen molar-refractivity contribution in [3.8, 4) is 5.75 Å². The number of nitrogens with zero attached hydrogens (tertiary/aromatic N) is 1. The van der Waals surface area contributed by atoms with Crippen LogP contribution in [0, 0.1) is 0 Å². The highest BCUT2D eigenvalue weighted by molar-refractivity contribution is 9.10. The fourth-order valence-electron chi connectivity index (χ4n) is 2.67. The van der Waals surface area contributed by atoms with Crippen molar-refractivity contribution in [2.45, 2.75) is 6.92 Å². The van der Waals surface area contributed by atoms with Crippen LogP contribution in [-0.2, 0) is 19.1 Å². The number of imide groups is 1. The molecule has 1 saturated heterocycles. The Morgan fingerprint density at radius 1 is 1.09 bits per heavy atom. The Bertz CT molecular complexity index is 1050. The number of thioether (sulfide) groups is 1. The maximum atomic E-state index is 12.6. The van der Waals surface area contributed by atoms with E-state index < -0.39 is 23.0 Å². The minimum atomic E-state index is -0.534. The number of hydrogen-bond donors (Lipinski definition) is 1. The van der Waals surface area contributed by atoms with E-state index in [0.717, 1.165) is 21.1 Å². The number of rotatable bonds is 8. The molecule has 0 bridgehead atoms. The number of carbonyl (C=O) groups excluding carboxylic acids is 4. The SMILES string of the molecule is CCOC(=O)COc1ccc(/C=C2\SC(=O)N(CC(=O)Nc3ccc(Br)cc3)C2=O)cc1. The molecule has 0 aromatic heterocycles. The predicted molar refractivity (Wildman–Crippen MR) is 124 cm³/mol. The third-order valence-electron chi connectivity index (χ3n) is 4.14. The van der Waals surface area contributed by atoms with Gasteiger partial charge in [0.25, 0.3) is 11.1 Å². The zero-order valence-corrected chi connectivity index (χ0v) is 19.4. The van der Waals surface area contributed by atoms with Crippen molar-refractivity contribution < 1.29 is 28.7 Å². The average molecular weight is 519 g/mol. The van der Waals surface area contributed by atoms with E-state index in [9.17, 15) is 19.2 Å². The number of nitrogens with one attached hydrogen (secondary N) is 1. The minimum Gasteiger partial charge on any atom is -0.482 e. The summed E-state index contributed by atoms with van der Waals surface area (Å²) in [4.78, 5) is 49.6. The van der Waals surface area contributed by atoms with Gasteiger partial charge in [0.1, 0.15) is 12.3 Å². The molecule has 1 fully saturated rings. The standard InChI is InChI=1S/C22H19BrN2O6S/c1-2-30-20(27)13-31-17-9-3-14(4-10-17)11-18-21(28)25(22(29)32-18)12-19(26)24-16-7-5-15(23)6-8-16/h3-11H,2,12-13H2,1H3,(H,24,26)/b18-11-. The van der Waals surface area contributed by atoms with Gasteiger partial charge in [0, 0.05) is 10.2 Å². The summed E-state index contributed by atoms with van der Waals surface area (Å²) in [6.45, 7) is 1.42. The Balaban J connectivity index is 1.59. The van der Waals surface area contributed by atoms with Crippen LogP contribution in [0.2, 0.25) is 0 Å². The average Bonchev–Trinajstić information content (AvgIpc) is 3.02. The molecule has 10 heteroatoms. The highest BCUT2D eigenvalue weighted by atomic mass is 79.9. The van der Waals surface area contributed by atoms with Crippen molar-refractivity contribution in [3.05, 3.63) is 63.5 Å². The molecule has 0 aliphatic carbocycles. The maximum absolute atomic E-state index is 12.6. The highest BCUT2D eigenvalue weighted by Crippen LogP contribution is 2.32. The van der Waals surface area contributed by atoms with Crippen molar-refractivity contribution in [2.24, 2.45) is 0 Å². The summed E-state index contributed by atoms with van der Waals surface area (Å²) in [7, 11) is 0. The number of amides is 3. The van der Waals surface area contributed by atoms with Gasteiger partial charge in [0.2, 0.25) is 5.91 Å². The zero-order chi connectivity index (χ0) is 23.1. The van der Waals surface area contributed by atoms with Crippen LogP contribution in [0.3, 0.4) is 0 Å². The van der Waals surface area contributed by atoms with E-state index in [0.29, 0.717) is 17.0 Å². The van der Waals surface area contributed by atoms with Crippen LogP contribution in [0.5, 0.6) is 5.75 Å². The molecule has 3 rings (SSSR count). The first-order valence-corrected chi connectivity index (χ1v) is 11.2. The lowest BCUT2D eigenvalue weighted by Crippen LogP contribution is -2.36. The van der Waals surface area contributed by atoms with Crippen LogP contribution in [0.15, 0.2) is 57.9 Å². The number of esters is 1. The monoisotopic (exact) mass is 518 g/mol. The first kappa shape index (κ1) is 23.6. The highest BCUT2D eigenvalue weighted by Gasteiger charge is 2.36. The van der Waals surface area contributed by atoms with Gasteiger partial charge in [0.05, 0.1) is 11.5 Å². The molecule has 2 aromatic rings. The predicted octanol–water partition coefficient (Wildman–Crippen LogP) is 4.07. The van der Waals surface area contributed by atoms with Crippen LogP contribution in [0.1, 0.15) is 12.5 Å². The molecular formula is C22H19BrN2O6S. The van der Waals surface area contributed by atoms with E-state index in [4.69, 9.17) is 9.47 Å². The normalized spacial score (nSPS) is 14.6. The van der Waals surface area contributed by atoms with Gasteiger partial charge in [-0.3, -0.25) is 19.3 Å². The molecule has 1 heterocycles. The summed E-state index contributed by atoms with van der Waals surface area (Å²) in [5.41, 5.74) is 1.23. The number of halogens is 1. The van der Waals surface area contributed by atoms with Gasteiger partial charge >= 0.3 is 5.97 Å². The smallest absolute Gasteiger partial charge is 0.344 e. The number of ether oxygens (including phenoxy) is 2. The largest absolute Gasteiger partial charge is 0.482 e. The number of benzene rings is 2. The molecule has 0 radical (unpaired) electrons. The molecule has 3 amide bonds. The van der Waals surface area contributed by atoms with Crippen LogP contribution in [-0.4, -0.2) is 47.7 Å². The molecule has 166 valence electrons. The van der Waals surface area contributed by atoms with Crippen LogP contribution in [0.4, 0.5) is 10.5 Å². The Morgan fingerprint density at radius 3 is 2.44 bits per heavy atom. The van der Waals surface area contributed by atoms with Crippen molar-refractivity contribution >= 4 is 62.5 Å². The fourth-order valence-corrected chi connectivity index (χ4v) is 3.77. The second-order valence-electron chi connectivity index (χ2n) is 6.49. The minimum absolute atomic E-state index is 0.200. The molecule has 0 saturated carbocycles. The van der Waals surface area contributed by atoms with Crippen LogP contribution in [0.25, 0.3) is 6.08 Å². The quantitative estimate of drug-likeness (QED) is 0.415. The van der Waals surface area contributed by atoms with E-state index in [2.05, 4.69) is 21.2 Å². The van der Waals surface area contributed by atoms with Crippen molar-refractivity contribution in [1.82, 2.24) is 4.90 Å². The third kappa shape index (κ3) is 6.44. The van der Waals surface area contributed by atoms with Crippen molar-refractivity contribution in [2.75, 3.05) is 25.1 Å². The van der Waals surface area contributed by atoms with Crippen LogP contribution < -0.4 is 10.1 Å². The van der Waals surface area contributed by atoms with E-state index in [1.165, 1.54) is 0 Å². The van der Waals surface area contributed by atoms with Gasteiger partial charge in [-0.1, -0.05) is 28.1 Å². The number of hydrogen-bond acceptors (Lipinski definition) is 7. The van der Waals surface area contributed by atoms with Gasteiger partial charge in [0.15, 0.2) is 6.61 Å². The van der Waals surface area contributed by atoms with Gasteiger partial charge in [-0.25, -0.2) is 4.79 Å². The topological polar surface area (TPSA) is 102 Å². The summed E-state index contributed by atoms with van der Waals surface area (Å²) in [6, 6.07) is 13.6. The molecule has 0 unspecified atom stereocenters. The van der Waals surface area contributed by atoms with Gasteiger partial charge in [-0.15, -0.1) is 0 Å². The lowest BCUT2D eigenvalue weighted by molar-refractivity contribution is -0.145. The first-order valence-electron chi connectivity index (χ1n) is 9.55. The van der Waals surface area contributed by atoms with Crippen molar-refractivity contribution in [1.29, 1.82) is 0 Å². The summed E-state index contributed by atoms with van der Waals surface area (Å²) in [5.74, 6) is -1.00. The molecule has 1 N–H and O–H groups in total. The van der Waals surface area contributed by atoms with Crippen LogP contribution >= 0.6 is 27.7 Å². The summed E-state index contributed by atoms with van der Waals surface area (Å²) < 4.78 is 11.0. The number of anilines is 1. The second-order valence-corrected chi connectivity index (χ2v) is 8.39. The molecule has 8 nitrogen and oxygen atoms in total. The van der Waals surface area contributed by atoms with Gasteiger partial charge in [-0.05, 0) is 66.7 Å². The molecule has 0 spiro atoms. The molecular weight excluding hydrogens is 500 g/mol. The zero-order valence-electron chi connectivity index (χ0n) is 17.0. The van der Waals surface area contributed by atoms with Crippen molar-refractivity contribution in [3.63, 3.8) is 0 Å². The molecule has 32 heavy (non-hydrogen) atoms. The van der Waals surface area contributed by atoms with Gasteiger partial charge in [-0.2, -0.15) is 0 Å². The number of carbonyl (C=O) groups is 4. The Hall–Kier alpha value is -3.11. The second kappa shape index (κ2) is 11.0. The lowest BCUT2D eigenvalue weighted by Gasteiger charge is -2.12. The Morgan fingerprint density at radius 2 is 1.78 bits per heavy atom. The first-order chi connectivity index (χ1) is 15.4. The summed E-state index contributed by atoms with van der Waals surface area (Å²) >= 11 is 4.08. The third-order valence-corrected chi connectivity index (χ3v) is 5.58. The summed E-state index contributed by atoms with van der Waals surface area (Å²) in [6.07, 6.45) is 1.56. The van der Waals surface area contributed by atoms with Gasteiger partial charge < -0.3 is 14.8 Å². The van der Waals surface area contributed by atoms with E-state index in [1.54, 1.807) is 61.5 Å². The maximum Gasteiger partial charge on any atom is 0.344 e. The van der Waals surface area contributed by atoms with E-state index in [1.807, 2.05) is 0 Å². The van der Waals surface area contributed by atoms with E-state index >= 15 is 0 Å². The molecule has 0 atom stereocenters. The molecule has 1 aliphatic rings. The Kier molecular flexibility index (Phi) is 8.07. The molecule has 2 aromatic carbocycles. The van der Waals surface area contributed by atoms with E-state index in [-0.39, 0.29) is 24.7 Å².